The van der Waals surface area contributed by atoms with Gasteiger partial charge in [0.15, 0.2) is 0 Å². The molecule has 0 saturated carbocycles. The Balaban J connectivity index is 1.64. The zero-order valence-corrected chi connectivity index (χ0v) is 22.1. The van der Waals surface area contributed by atoms with E-state index in [1.807, 2.05) is 55.5 Å². The Kier molecular flexibility index (Phi) is 6.33. The van der Waals surface area contributed by atoms with E-state index in [1.165, 1.54) is 14.2 Å². The first kappa shape index (κ1) is 23.5. The number of allylic oxidation sites excluding steroid dienone is 1. The van der Waals surface area contributed by atoms with Crippen molar-refractivity contribution in [2.75, 3.05) is 24.9 Å². The van der Waals surface area contributed by atoms with E-state index in [-0.39, 0.29) is 5.91 Å². The molecular formula is C26H22ClIN4O3. The molecule has 0 spiro atoms. The average molecular weight is 601 g/mol. The number of hydrogen-bond donors (Lipinski definition) is 2. The summed E-state index contributed by atoms with van der Waals surface area (Å²) in [5, 5.41) is 6.73. The summed E-state index contributed by atoms with van der Waals surface area (Å²) in [6.45, 7) is 1.89. The van der Waals surface area contributed by atoms with Crippen molar-refractivity contribution >= 4 is 62.8 Å². The number of carbonyl (C=O) groups excluding carboxylic acids is 1. The monoisotopic (exact) mass is 600 g/mol. The largest absolute Gasteiger partial charge is 0.495 e. The van der Waals surface area contributed by atoms with Gasteiger partial charge in [0.1, 0.15) is 11.5 Å². The van der Waals surface area contributed by atoms with Crippen LogP contribution in [0.4, 0.5) is 11.6 Å². The summed E-state index contributed by atoms with van der Waals surface area (Å²) in [5.74, 6) is 1.29. The second kappa shape index (κ2) is 9.43. The number of carbonyl (C=O) groups is 1. The predicted molar refractivity (Wildman–Crippen MR) is 147 cm³/mol. The second-order valence-electron chi connectivity index (χ2n) is 8.05. The number of nitrogens with zero attached hydrogens (tertiary/aromatic N) is 2. The quantitative estimate of drug-likeness (QED) is 0.265. The van der Waals surface area contributed by atoms with Crippen molar-refractivity contribution in [3.05, 3.63) is 86.1 Å². The lowest BCUT2D eigenvalue weighted by Gasteiger charge is -2.31. The van der Waals surface area contributed by atoms with Crippen molar-refractivity contribution in [2.24, 2.45) is 0 Å². The Labute approximate surface area is 221 Å². The Bertz CT molecular complexity index is 1480. The van der Waals surface area contributed by atoms with Gasteiger partial charge in [0.2, 0.25) is 5.95 Å². The number of aromatic nitrogens is 2. The van der Waals surface area contributed by atoms with Crippen LogP contribution in [-0.2, 0) is 4.79 Å². The van der Waals surface area contributed by atoms with E-state index in [4.69, 9.17) is 26.1 Å². The number of halogens is 2. The number of methoxy groups -OCH3 is 2. The predicted octanol–water partition coefficient (Wildman–Crippen LogP) is 6.24. The van der Waals surface area contributed by atoms with Gasteiger partial charge in [0, 0.05) is 21.4 Å². The fraction of sp³-hybridized carbons (Fsp3) is 0.154. The van der Waals surface area contributed by atoms with Gasteiger partial charge in [-0.2, -0.15) is 0 Å². The molecule has 9 heteroatoms. The van der Waals surface area contributed by atoms with E-state index in [0.29, 0.717) is 39.4 Å². The number of imidazole rings is 1. The van der Waals surface area contributed by atoms with Crippen molar-refractivity contribution in [2.45, 2.75) is 13.0 Å². The number of fused-ring (bicyclic) bond motifs is 3. The molecule has 1 unspecified atom stereocenters. The number of hydrogen-bond acceptors (Lipinski definition) is 5. The second-order valence-corrected chi connectivity index (χ2v) is 9.71. The Morgan fingerprint density at radius 1 is 1.09 bits per heavy atom. The Morgan fingerprint density at radius 2 is 1.80 bits per heavy atom. The molecule has 0 aliphatic carbocycles. The highest BCUT2D eigenvalue weighted by molar-refractivity contribution is 14.1. The smallest absolute Gasteiger partial charge is 0.255 e. The van der Waals surface area contributed by atoms with Crippen LogP contribution in [0.1, 0.15) is 18.5 Å². The Morgan fingerprint density at radius 3 is 2.51 bits per heavy atom. The third-order valence-corrected chi connectivity index (χ3v) is 7.00. The number of rotatable bonds is 5. The van der Waals surface area contributed by atoms with Gasteiger partial charge in [-0.25, -0.2) is 4.98 Å². The number of amides is 1. The van der Waals surface area contributed by atoms with Crippen LogP contribution in [0.15, 0.2) is 71.9 Å². The highest BCUT2D eigenvalue weighted by atomic mass is 127. The molecule has 0 radical (unpaired) electrons. The number of anilines is 2. The summed E-state index contributed by atoms with van der Waals surface area (Å²) in [6.07, 6.45) is 0. The molecule has 2 N–H and O–H groups in total. The van der Waals surface area contributed by atoms with E-state index in [0.717, 1.165) is 20.2 Å². The number of benzene rings is 3. The summed E-state index contributed by atoms with van der Waals surface area (Å²) in [6, 6.07) is 18.9. The molecule has 2 heterocycles. The molecule has 4 aromatic rings. The first-order valence-corrected chi connectivity index (χ1v) is 12.3. The average Bonchev–Trinajstić information content (AvgIpc) is 3.22. The minimum absolute atomic E-state index is 0.273. The molecule has 7 nitrogen and oxygen atoms in total. The first-order valence-electron chi connectivity index (χ1n) is 10.8. The number of ether oxygens (including phenoxy) is 2. The van der Waals surface area contributed by atoms with Crippen LogP contribution in [0.2, 0.25) is 5.02 Å². The molecule has 0 bridgehead atoms. The van der Waals surface area contributed by atoms with E-state index in [1.54, 1.807) is 12.1 Å². The van der Waals surface area contributed by atoms with Gasteiger partial charge in [-0.3, -0.25) is 9.36 Å². The lowest BCUT2D eigenvalue weighted by atomic mass is 9.94. The summed E-state index contributed by atoms with van der Waals surface area (Å²) in [7, 11) is 3.05. The molecule has 1 aliphatic heterocycles. The minimum atomic E-state index is -0.393. The summed E-state index contributed by atoms with van der Waals surface area (Å²) >= 11 is 8.53. The van der Waals surface area contributed by atoms with Crippen LogP contribution in [0.25, 0.3) is 11.0 Å². The maximum absolute atomic E-state index is 13.9. The van der Waals surface area contributed by atoms with Crippen molar-refractivity contribution < 1.29 is 14.3 Å². The van der Waals surface area contributed by atoms with Crippen LogP contribution in [0, 0.1) is 3.57 Å². The molecule has 5 rings (SSSR count). The topological polar surface area (TPSA) is 77.4 Å². The highest BCUT2D eigenvalue weighted by Gasteiger charge is 2.34. The highest BCUT2D eigenvalue weighted by Crippen LogP contribution is 2.41. The van der Waals surface area contributed by atoms with Crippen molar-refractivity contribution in [3.8, 4) is 11.5 Å². The molecule has 1 aromatic heterocycles. The van der Waals surface area contributed by atoms with Crippen LogP contribution in [0.5, 0.6) is 11.5 Å². The third kappa shape index (κ3) is 4.21. The lowest BCUT2D eigenvalue weighted by molar-refractivity contribution is -0.113. The molecule has 1 amide bonds. The lowest BCUT2D eigenvalue weighted by Crippen LogP contribution is -2.31. The number of para-hydroxylation sites is 2. The minimum Gasteiger partial charge on any atom is -0.495 e. The fourth-order valence-corrected chi connectivity index (χ4v) is 4.96. The summed E-state index contributed by atoms with van der Waals surface area (Å²) in [4.78, 5) is 18.6. The van der Waals surface area contributed by atoms with Gasteiger partial charge in [-0.15, -0.1) is 0 Å². The third-order valence-electron chi connectivity index (χ3n) is 5.98. The van der Waals surface area contributed by atoms with Crippen molar-refractivity contribution in [1.29, 1.82) is 0 Å². The zero-order chi connectivity index (χ0) is 24.7. The van der Waals surface area contributed by atoms with Crippen LogP contribution in [-0.4, -0.2) is 29.7 Å². The van der Waals surface area contributed by atoms with Gasteiger partial charge in [0.05, 0.1) is 47.6 Å². The van der Waals surface area contributed by atoms with Crippen molar-refractivity contribution in [3.63, 3.8) is 0 Å². The first-order chi connectivity index (χ1) is 16.9. The maximum Gasteiger partial charge on any atom is 0.255 e. The normalized spacial score (nSPS) is 14.9. The van der Waals surface area contributed by atoms with E-state index in [9.17, 15) is 4.79 Å². The molecule has 35 heavy (non-hydrogen) atoms. The Hall–Kier alpha value is -3.24. The molecule has 0 fully saturated rings. The van der Waals surface area contributed by atoms with E-state index in [2.05, 4.69) is 37.8 Å². The van der Waals surface area contributed by atoms with Gasteiger partial charge in [0.25, 0.3) is 5.91 Å². The van der Waals surface area contributed by atoms with Crippen molar-refractivity contribution in [1.82, 2.24) is 9.55 Å². The summed E-state index contributed by atoms with van der Waals surface area (Å²) in [5.41, 5.74) is 4.50. The van der Waals surface area contributed by atoms with E-state index >= 15 is 0 Å². The molecule has 1 atom stereocenters. The molecule has 1 aliphatic rings. The molecule has 0 saturated heterocycles. The van der Waals surface area contributed by atoms with Gasteiger partial charge >= 0.3 is 0 Å². The van der Waals surface area contributed by atoms with Gasteiger partial charge in [-0.1, -0.05) is 35.9 Å². The maximum atomic E-state index is 13.9. The van der Waals surface area contributed by atoms with Crippen LogP contribution in [0.3, 0.4) is 0 Å². The molecule has 178 valence electrons. The summed E-state index contributed by atoms with van der Waals surface area (Å²) < 4.78 is 14.0. The zero-order valence-electron chi connectivity index (χ0n) is 19.2. The van der Waals surface area contributed by atoms with Gasteiger partial charge < -0.3 is 20.1 Å². The standard InChI is InChI=1S/C26H22ClIN4O3/c1-14-23(25(33)30-19-13-21(34-2)17(27)12-22(19)35-3)24(15-8-10-16(28)11-9-15)32-20-7-5-4-6-18(20)31-26(32)29-14/h4-13,24H,1-3H3,(H,29,31)(H,30,33). The molecular weight excluding hydrogens is 579 g/mol. The SMILES string of the molecule is COc1cc(NC(=O)C2=C(C)Nc3nc4ccccc4n3C2c2ccc(I)cc2)c(OC)cc1Cl. The molecule has 3 aromatic carbocycles. The van der Waals surface area contributed by atoms with Crippen LogP contribution >= 0.6 is 34.2 Å². The van der Waals surface area contributed by atoms with E-state index < -0.39 is 6.04 Å². The van der Waals surface area contributed by atoms with Crippen LogP contribution < -0.4 is 20.1 Å². The van der Waals surface area contributed by atoms with Gasteiger partial charge in [-0.05, 0) is 59.3 Å². The fourth-order valence-electron chi connectivity index (χ4n) is 4.37. The number of nitrogens with one attached hydrogen (secondary N) is 2.